The van der Waals surface area contributed by atoms with Crippen LogP contribution in [0.25, 0.3) is 0 Å². The van der Waals surface area contributed by atoms with Crippen LogP contribution in [0.5, 0.6) is 0 Å². The van der Waals surface area contributed by atoms with Crippen LogP contribution < -0.4 is 0 Å². The molecule has 0 rings (SSSR count). The first kappa shape index (κ1) is 23.5. The van der Waals surface area contributed by atoms with E-state index in [1.54, 1.807) is 0 Å². The molecule has 0 bridgehead atoms. The quantitative estimate of drug-likeness (QED) is 0.487. The number of hydrogen-bond acceptors (Lipinski definition) is 0. The summed E-state index contributed by atoms with van der Waals surface area (Å²) >= 11 is 0. The van der Waals surface area contributed by atoms with Crippen LogP contribution in [-0.2, 0) is 0 Å². The summed E-state index contributed by atoms with van der Waals surface area (Å²) in [6, 6.07) is 0. The van der Waals surface area contributed by atoms with E-state index in [0.717, 1.165) is 5.92 Å². The molecule has 0 N–H and O–H groups in total. The van der Waals surface area contributed by atoms with Gasteiger partial charge in [0.1, 0.15) is 0 Å². The van der Waals surface area contributed by atoms with Crippen LogP contribution in [-0.4, -0.2) is 0 Å². The zero-order valence-electron chi connectivity index (χ0n) is 11.8. The highest BCUT2D eigenvalue weighted by Crippen LogP contribution is 2.07. The molecule has 0 saturated carbocycles. The Kier molecular flexibility index (Phi) is 64.9. The van der Waals surface area contributed by atoms with Gasteiger partial charge in [0, 0.05) is 0 Å². The van der Waals surface area contributed by atoms with E-state index < -0.39 is 0 Å². The van der Waals surface area contributed by atoms with Gasteiger partial charge in [0.05, 0.1) is 0 Å². The first-order chi connectivity index (χ1) is 6.72. The Morgan fingerprint density at radius 3 is 1.29 bits per heavy atom. The standard InChI is InChI=1S/C7H16.C3H8.C2H6.C2H4/c1-4-6-7(3)5-2;1-3-2;2*1-2/h7H,4-6H2,1-3H3;3H2,1-2H3;1-2H3;1-2H2. The predicted molar refractivity (Wildman–Crippen MR) is 72.9 cm³/mol. The van der Waals surface area contributed by atoms with Crippen molar-refractivity contribution >= 4 is 0 Å². The van der Waals surface area contributed by atoms with E-state index in [4.69, 9.17) is 0 Å². The molecule has 0 heterocycles. The van der Waals surface area contributed by atoms with Crippen molar-refractivity contribution in [1.29, 1.82) is 0 Å². The van der Waals surface area contributed by atoms with Gasteiger partial charge in [-0.1, -0.05) is 74.1 Å². The van der Waals surface area contributed by atoms with Crippen molar-refractivity contribution in [3.63, 3.8) is 0 Å². The van der Waals surface area contributed by atoms with Gasteiger partial charge in [0.2, 0.25) is 0 Å². The molecule has 1 unspecified atom stereocenters. The van der Waals surface area contributed by atoms with Crippen LogP contribution in [0.4, 0.5) is 0 Å². The summed E-state index contributed by atoms with van der Waals surface area (Å²) in [5.41, 5.74) is 0. The molecule has 0 fully saturated rings. The smallest absolute Gasteiger partial charge is 0.0446 e. The molecule has 0 aromatic heterocycles. The first-order valence-electron chi connectivity index (χ1n) is 6.22. The van der Waals surface area contributed by atoms with Crippen molar-refractivity contribution in [3.05, 3.63) is 13.2 Å². The second-order valence-electron chi connectivity index (χ2n) is 3.01. The lowest BCUT2D eigenvalue weighted by Gasteiger charge is -2.02. The van der Waals surface area contributed by atoms with Gasteiger partial charge in [-0.25, -0.2) is 0 Å². The third kappa shape index (κ3) is 60.3. The normalized spacial score (nSPS) is 9.07. The summed E-state index contributed by atoms with van der Waals surface area (Å²) in [7, 11) is 0. The predicted octanol–water partition coefficient (Wildman–Crippen LogP) is 6.08. The van der Waals surface area contributed by atoms with E-state index in [9.17, 15) is 0 Å². The average molecular weight is 202 g/mol. The Balaban J connectivity index is -0.0000000603. The van der Waals surface area contributed by atoms with Gasteiger partial charge in [-0.05, 0) is 5.92 Å². The van der Waals surface area contributed by atoms with Gasteiger partial charge in [-0.15, -0.1) is 13.2 Å². The topological polar surface area (TPSA) is 0 Å². The molecular weight excluding hydrogens is 168 g/mol. The fraction of sp³-hybridized carbons (Fsp3) is 0.857. The van der Waals surface area contributed by atoms with E-state index in [1.165, 1.54) is 25.7 Å². The van der Waals surface area contributed by atoms with Crippen LogP contribution in [0.2, 0.25) is 0 Å². The summed E-state index contributed by atoms with van der Waals surface area (Å²) in [6.07, 6.45) is 5.33. The first-order valence-corrected chi connectivity index (χ1v) is 6.22. The number of hydrogen-bond donors (Lipinski definition) is 0. The molecule has 14 heavy (non-hydrogen) atoms. The monoisotopic (exact) mass is 202 g/mol. The molecule has 0 aliphatic rings. The third-order valence-corrected chi connectivity index (χ3v) is 1.48. The Bertz CT molecular complexity index is 48.0. The van der Waals surface area contributed by atoms with Crippen LogP contribution in [0.1, 0.15) is 74.1 Å². The van der Waals surface area contributed by atoms with Gasteiger partial charge in [0.15, 0.2) is 0 Å². The van der Waals surface area contributed by atoms with E-state index in [-0.39, 0.29) is 0 Å². The van der Waals surface area contributed by atoms with Crippen molar-refractivity contribution < 1.29 is 0 Å². The fourth-order valence-electron chi connectivity index (χ4n) is 0.697. The van der Waals surface area contributed by atoms with Crippen LogP contribution >= 0.6 is 0 Å². The molecule has 0 aliphatic carbocycles. The zero-order chi connectivity index (χ0) is 12.4. The minimum Gasteiger partial charge on any atom is -0.106 e. The summed E-state index contributed by atoms with van der Waals surface area (Å²) in [6.45, 7) is 21.1. The van der Waals surface area contributed by atoms with Crippen LogP contribution in [0.15, 0.2) is 13.2 Å². The second kappa shape index (κ2) is 38.7. The van der Waals surface area contributed by atoms with E-state index in [0.29, 0.717) is 0 Å². The third-order valence-electron chi connectivity index (χ3n) is 1.48. The van der Waals surface area contributed by atoms with Crippen molar-refractivity contribution in [2.75, 3.05) is 0 Å². The molecule has 0 amide bonds. The summed E-state index contributed by atoms with van der Waals surface area (Å²) in [5.74, 6) is 0.949. The molecule has 0 aliphatic heterocycles. The van der Waals surface area contributed by atoms with E-state index >= 15 is 0 Å². The Hall–Kier alpha value is -0.260. The van der Waals surface area contributed by atoms with Gasteiger partial charge in [-0.2, -0.15) is 0 Å². The minimum absolute atomic E-state index is 0.949. The van der Waals surface area contributed by atoms with Crippen LogP contribution in [0, 0.1) is 5.92 Å². The van der Waals surface area contributed by atoms with Gasteiger partial charge < -0.3 is 0 Å². The molecule has 0 heteroatoms. The zero-order valence-corrected chi connectivity index (χ0v) is 11.8. The van der Waals surface area contributed by atoms with Gasteiger partial charge in [0.25, 0.3) is 0 Å². The summed E-state index contributed by atoms with van der Waals surface area (Å²) in [4.78, 5) is 0. The Morgan fingerprint density at radius 2 is 1.21 bits per heavy atom. The van der Waals surface area contributed by atoms with E-state index in [1.807, 2.05) is 13.8 Å². The highest BCUT2D eigenvalue weighted by Gasteiger charge is 1.92. The lowest BCUT2D eigenvalue weighted by atomic mass is 10.0. The molecule has 0 aromatic carbocycles. The van der Waals surface area contributed by atoms with Crippen molar-refractivity contribution in [2.24, 2.45) is 5.92 Å². The molecule has 0 saturated heterocycles. The summed E-state index contributed by atoms with van der Waals surface area (Å²) in [5, 5.41) is 0. The summed E-state index contributed by atoms with van der Waals surface area (Å²) < 4.78 is 0. The molecule has 1 atom stereocenters. The maximum atomic E-state index is 3.00. The average Bonchev–Trinajstić information content (AvgIpc) is 2.25. The molecule has 0 radical (unpaired) electrons. The SMILES string of the molecule is C=C.CC.CCC.CCCC(C)CC. The maximum Gasteiger partial charge on any atom is -0.0446 e. The molecule has 0 spiro atoms. The largest absolute Gasteiger partial charge is 0.106 e. The lowest BCUT2D eigenvalue weighted by molar-refractivity contribution is 0.509. The van der Waals surface area contributed by atoms with Crippen molar-refractivity contribution in [2.45, 2.75) is 74.1 Å². The fourth-order valence-corrected chi connectivity index (χ4v) is 0.697. The molecule has 90 valence electrons. The highest BCUT2D eigenvalue weighted by atomic mass is 14.0. The molecule has 0 nitrogen and oxygen atoms in total. The van der Waals surface area contributed by atoms with Gasteiger partial charge >= 0.3 is 0 Å². The lowest BCUT2D eigenvalue weighted by Crippen LogP contribution is -1.88. The molecule has 0 aromatic rings. The molecular formula is C14H34. The Labute approximate surface area is 93.8 Å². The van der Waals surface area contributed by atoms with Crippen LogP contribution in [0.3, 0.4) is 0 Å². The van der Waals surface area contributed by atoms with Crippen molar-refractivity contribution in [3.8, 4) is 0 Å². The highest BCUT2D eigenvalue weighted by molar-refractivity contribution is 4.45. The second-order valence-corrected chi connectivity index (χ2v) is 3.01. The van der Waals surface area contributed by atoms with Gasteiger partial charge in [-0.3, -0.25) is 0 Å². The maximum absolute atomic E-state index is 3.00. The minimum atomic E-state index is 0.949. The van der Waals surface area contributed by atoms with Crippen molar-refractivity contribution in [1.82, 2.24) is 0 Å². The number of rotatable bonds is 3. The van der Waals surface area contributed by atoms with E-state index in [2.05, 4.69) is 47.8 Å². The Morgan fingerprint density at radius 1 is 0.929 bits per heavy atom.